The summed E-state index contributed by atoms with van der Waals surface area (Å²) in [6.45, 7) is 3.57. The second kappa shape index (κ2) is 8.56. The number of amides is 1. The number of rotatable bonds is 5. The molecule has 154 valence electrons. The van der Waals surface area contributed by atoms with Gasteiger partial charge in [-0.05, 0) is 36.2 Å². The van der Waals surface area contributed by atoms with Crippen LogP contribution in [0.2, 0.25) is 0 Å². The Hall–Kier alpha value is -3.37. The normalized spacial score (nSPS) is 14.5. The molecule has 4 rings (SSSR count). The highest BCUT2D eigenvalue weighted by atomic mass is 32.1. The van der Waals surface area contributed by atoms with Crippen LogP contribution in [-0.4, -0.2) is 58.9 Å². The summed E-state index contributed by atoms with van der Waals surface area (Å²) in [7, 11) is 2.07. The third kappa shape index (κ3) is 4.29. The molecule has 0 atom stereocenters. The average molecular weight is 424 g/mol. The van der Waals surface area contributed by atoms with Crippen LogP contribution in [0, 0.1) is 10.1 Å². The first-order chi connectivity index (χ1) is 14.5. The number of anilines is 2. The minimum atomic E-state index is -0.543. The van der Waals surface area contributed by atoms with Gasteiger partial charge in [-0.25, -0.2) is 9.97 Å². The molecule has 1 amide bonds. The first-order valence-corrected chi connectivity index (χ1v) is 10.3. The summed E-state index contributed by atoms with van der Waals surface area (Å²) in [5.41, 5.74) is 0.845. The monoisotopic (exact) mass is 424 g/mol. The van der Waals surface area contributed by atoms with E-state index in [2.05, 4.69) is 32.1 Å². The number of hydrogen-bond acceptors (Lipinski definition) is 8. The second-order valence-corrected chi connectivity index (χ2v) is 7.92. The van der Waals surface area contributed by atoms with Crippen molar-refractivity contribution in [3.63, 3.8) is 0 Å². The van der Waals surface area contributed by atoms with E-state index >= 15 is 0 Å². The van der Waals surface area contributed by atoms with E-state index in [0.717, 1.165) is 36.6 Å². The van der Waals surface area contributed by atoms with E-state index in [1.54, 1.807) is 18.3 Å². The summed E-state index contributed by atoms with van der Waals surface area (Å²) >= 11 is 1.52. The fourth-order valence-electron chi connectivity index (χ4n) is 3.22. The van der Waals surface area contributed by atoms with Crippen molar-refractivity contribution >= 4 is 34.4 Å². The van der Waals surface area contributed by atoms with Gasteiger partial charge >= 0.3 is 0 Å². The highest BCUT2D eigenvalue weighted by Crippen LogP contribution is 2.32. The minimum Gasteiger partial charge on any atom is -0.353 e. The van der Waals surface area contributed by atoms with Gasteiger partial charge in [0.15, 0.2) is 0 Å². The van der Waals surface area contributed by atoms with Crippen molar-refractivity contribution in [1.29, 1.82) is 0 Å². The molecule has 1 N–H and O–H groups in total. The maximum absolute atomic E-state index is 12.7. The van der Waals surface area contributed by atoms with Crippen molar-refractivity contribution in [1.82, 2.24) is 14.9 Å². The Morgan fingerprint density at radius 3 is 2.60 bits per heavy atom. The SMILES string of the molecule is CN1CCN(c2cnc(C(=O)Nc3cc(-c4cccs4)ccc3[N+](=O)[O-])cn2)CC1. The Labute approximate surface area is 177 Å². The van der Waals surface area contributed by atoms with Crippen molar-refractivity contribution in [2.45, 2.75) is 0 Å². The van der Waals surface area contributed by atoms with Crippen LogP contribution in [0.5, 0.6) is 0 Å². The van der Waals surface area contributed by atoms with Gasteiger partial charge in [-0.2, -0.15) is 0 Å². The lowest BCUT2D eigenvalue weighted by atomic mass is 10.1. The van der Waals surface area contributed by atoms with Gasteiger partial charge in [-0.1, -0.05) is 6.07 Å². The first kappa shape index (κ1) is 19.9. The average Bonchev–Trinajstić information content (AvgIpc) is 3.29. The Balaban J connectivity index is 1.53. The van der Waals surface area contributed by atoms with Crippen molar-refractivity contribution in [2.24, 2.45) is 0 Å². The number of nitrogens with one attached hydrogen (secondary N) is 1. The number of carbonyl (C=O) groups excluding carboxylic acids is 1. The minimum absolute atomic E-state index is 0.101. The fourth-order valence-corrected chi connectivity index (χ4v) is 3.94. The smallest absolute Gasteiger partial charge is 0.292 e. The topological polar surface area (TPSA) is 104 Å². The summed E-state index contributed by atoms with van der Waals surface area (Å²) in [4.78, 5) is 37.4. The first-order valence-electron chi connectivity index (χ1n) is 9.40. The number of nitro groups is 1. The molecule has 0 radical (unpaired) electrons. The molecular weight excluding hydrogens is 404 g/mol. The fraction of sp³-hybridized carbons (Fsp3) is 0.250. The van der Waals surface area contributed by atoms with Gasteiger partial charge in [0.2, 0.25) is 0 Å². The molecule has 0 bridgehead atoms. The summed E-state index contributed by atoms with van der Waals surface area (Å²) in [5, 5.41) is 15.9. The maximum Gasteiger partial charge on any atom is 0.292 e. The number of aromatic nitrogens is 2. The number of likely N-dealkylation sites (N-methyl/N-ethyl adjacent to an activating group) is 1. The summed E-state index contributed by atoms with van der Waals surface area (Å²) in [6, 6.07) is 8.49. The number of benzene rings is 1. The van der Waals surface area contributed by atoms with Gasteiger partial charge in [0.05, 0.1) is 17.3 Å². The van der Waals surface area contributed by atoms with Crippen molar-refractivity contribution in [3.05, 3.63) is 63.9 Å². The quantitative estimate of drug-likeness (QED) is 0.496. The molecule has 1 aromatic carbocycles. The molecule has 3 heterocycles. The number of thiophene rings is 1. The van der Waals surface area contributed by atoms with Crippen LogP contribution in [0.1, 0.15) is 10.5 Å². The van der Waals surface area contributed by atoms with Gasteiger partial charge in [0, 0.05) is 37.1 Å². The van der Waals surface area contributed by atoms with E-state index in [4.69, 9.17) is 0 Å². The number of hydrogen-bond donors (Lipinski definition) is 1. The predicted octanol–water partition coefficient (Wildman–Crippen LogP) is 3.12. The van der Waals surface area contributed by atoms with Gasteiger partial charge in [-0.3, -0.25) is 14.9 Å². The van der Waals surface area contributed by atoms with E-state index in [0.29, 0.717) is 5.82 Å². The van der Waals surface area contributed by atoms with Crippen LogP contribution < -0.4 is 10.2 Å². The van der Waals surface area contributed by atoms with E-state index in [1.807, 2.05) is 17.5 Å². The van der Waals surface area contributed by atoms with Gasteiger partial charge < -0.3 is 15.1 Å². The van der Waals surface area contributed by atoms with E-state index in [1.165, 1.54) is 23.6 Å². The summed E-state index contributed by atoms with van der Waals surface area (Å²) in [6.07, 6.45) is 2.97. The van der Waals surface area contributed by atoms with E-state index in [9.17, 15) is 14.9 Å². The van der Waals surface area contributed by atoms with Crippen LogP contribution >= 0.6 is 11.3 Å². The largest absolute Gasteiger partial charge is 0.353 e. The Morgan fingerprint density at radius 2 is 1.97 bits per heavy atom. The Kier molecular flexibility index (Phi) is 5.68. The van der Waals surface area contributed by atoms with E-state index in [-0.39, 0.29) is 17.1 Å². The maximum atomic E-state index is 12.7. The third-order valence-corrected chi connectivity index (χ3v) is 5.86. The van der Waals surface area contributed by atoms with Crippen molar-refractivity contribution in [3.8, 4) is 10.4 Å². The lowest BCUT2D eigenvalue weighted by Gasteiger charge is -2.32. The Morgan fingerprint density at radius 1 is 1.17 bits per heavy atom. The van der Waals surface area contributed by atoms with Gasteiger partial charge in [0.25, 0.3) is 11.6 Å². The molecule has 1 fully saturated rings. The molecule has 3 aromatic rings. The summed E-state index contributed by atoms with van der Waals surface area (Å²) in [5.74, 6) is 0.171. The number of nitrogens with zero attached hydrogens (tertiary/aromatic N) is 5. The molecule has 1 aliphatic heterocycles. The van der Waals surface area contributed by atoms with E-state index < -0.39 is 10.8 Å². The molecule has 1 aliphatic rings. The van der Waals surface area contributed by atoms with Gasteiger partial charge in [0.1, 0.15) is 17.2 Å². The van der Waals surface area contributed by atoms with Crippen LogP contribution in [-0.2, 0) is 0 Å². The lowest BCUT2D eigenvalue weighted by molar-refractivity contribution is -0.383. The molecule has 0 spiro atoms. The second-order valence-electron chi connectivity index (χ2n) is 6.97. The molecule has 0 saturated carbocycles. The highest BCUT2D eigenvalue weighted by Gasteiger charge is 2.20. The molecule has 1 saturated heterocycles. The molecule has 9 nitrogen and oxygen atoms in total. The van der Waals surface area contributed by atoms with Crippen LogP contribution in [0.4, 0.5) is 17.2 Å². The standard InChI is InChI=1S/C20H20N6O3S/c1-24-6-8-25(9-7-24)19-13-21-16(12-22-19)20(27)23-15-11-14(18-3-2-10-30-18)4-5-17(15)26(28)29/h2-5,10-13H,6-9H2,1H3,(H,23,27). The zero-order valence-electron chi connectivity index (χ0n) is 16.3. The molecular formula is C20H20N6O3S. The molecule has 0 aliphatic carbocycles. The van der Waals surface area contributed by atoms with Crippen LogP contribution in [0.3, 0.4) is 0 Å². The number of carbonyl (C=O) groups is 1. The number of nitro benzene ring substituents is 1. The van der Waals surface area contributed by atoms with Crippen LogP contribution in [0.15, 0.2) is 48.1 Å². The van der Waals surface area contributed by atoms with Gasteiger partial charge in [-0.15, -0.1) is 11.3 Å². The summed E-state index contributed by atoms with van der Waals surface area (Å²) < 4.78 is 0. The number of piperazine rings is 1. The third-order valence-electron chi connectivity index (χ3n) is 4.95. The molecule has 10 heteroatoms. The van der Waals surface area contributed by atoms with Crippen LogP contribution in [0.25, 0.3) is 10.4 Å². The molecule has 30 heavy (non-hydrogen) atoms. The lowest BCUT2D eigenvalue weighted by Crippen LogP contribution is -2.44. The zero-order valence-corrected chi connectivity index (χ0v) is 17.1. The predicted molar refractivity (Wildman–Crippen MR) is 116 cm³/mol. The van der Waals surface area contributed by atoms with Crippen molar-refractivity contribution < 1.29 is 9.72 Å². The Bertz CT molecular complexity index is 1050. The molecule has 2 aromatic heterocycles. The zero-order chi connectivity index (χ0) is 21.1. The van der Waals surface area contributed by atoms with Crippen molar-refractivity contribution in [2.75, 3.05) is 43.4 Å². The molecule has 0 unspecified atom stereocenters. The highest BCUT2D eigenvalue weighted by molar-refractivity contribution is 7.13.